The standard InChI is InChI=1S/C30H33N3O4S/c1-4-21(18-34)33-25-28(37)32(22-12-11-19-9-5-6-10-20(19)17-22)16-8-14-30(25)24(27(33)36)23-26(35)31(3)15-7-13-29(23,2)38-30/h5-14,17,21,23-25,34H,4,15-16,18H2,1-3H3/t21-,23+,24-,25?,29-,30-/m0/s1. The Hall–Kier alpha value is -3.10. The number of likely N-dealkylation sites (N-methyl/N-ethyl adjacent to an activating group) is 1. The SMILES string of the molecule is CC[C@@H](CO)N1C(=O)[C@@H]2[C@@H]3C(=O)N(C)CC=C[C@]3(C)S[C@@]23C=CCN(c2ccc4ccccc4c2)C(=O)C13. The number of amides is 3. The zero-order valence-corrected chi connectivity index (χ0v) is 22.7. The van der Waals surface area contributed by atoms with Crippen LogP contribution in [0.2, 0.25) is 0 Å². The molecule has 0 radical (unpaired) electrons. The second-order valence-electron chi connectivity index (χ2n) is 11.0. The van der Waals surface area contributed by atoms with Gasteiger partial charge in [-0.25, -0.2) is 0 Å². The van der Waals surface area contributed by atoms with Crippen molar-refractivity contribution in [3.8, 4) is 0 Å². The van der Waals surface area contributed by atoms with Crippen LogP contribution in [-0.2, 0) is 14.4 Å². The number of aliphatic hydroxyl groups is 1. The molecule has 3 amide bonds. The van der Waals surface area contributed by atoms with Crippen molar-refractivity contribution in [3.05, 3.63) is 66.8 Å². The number of carbonyl (C=O) groups is 3. The molecule has 4 heterocycles. The van der Waals surface area contributed by atoms with E-state index in [2.05, 4.69) is 6.08 Å². The molecule has 38 heavy (non-hydrogen) atoms. The van der Waals surface area contributed by atoms with Crippen LogP contribution in [0.3, 0.4) is 0 Å². The van der Waals surface area contributed by atoms with E-state index in [9.17, 15) is 19.5 Å². The highest BCUT2D eigenvalue weighted by molar-refractivity contribution is 8.02. The Morgan fingerprint density at radius 2 is 1.71 bits per heavy atom. The zero-order valence-electron chi connectivity index (χ0n) is 21.9. The first-order chi connectivity index (χ1) is 18.3. The van der Waals surface area contributed by atoms with Crippen molar-refractivity contribution in [1.29, 1.82) is 0 Å². The van der Waals surface area contributed by atoms with Gasteiger partial charge in [-0.3, -0.25) is 14.4 Å². The molecule has 4 aliphatic heterocycles. The van der Waals surface area contributed by atoms with Crippen LogP contribution < -0.4 is 4.90 Å². The van der Waals surface area contributed by atoms with Gasteiger partial charge >= 0.3 is 0 Å². The quantitative estimate of drug-likeness (QED) is 0.613. The van der Waals surface area contributed by atoms with Gasteiger partial charge in [0.05, 0.1) is 29.2 Å². The minimum absolute atomic E-state index is 0.0747. The number of likely N-dealkylation sites (tertiary alicyclic amines) is 1. The van der Waals surface area contributed by atoms with E-state index in [4.69, 9.17) is 0 Å². The van der Waals surface area contributed by atoms with Crippen molar-refractivity contribution >= 4 is 45.9 Å². The monoisotopic (exact) mass is 531 g/mol. The lowest BCUT2D eigenvalue weighted by atomic mass is 9.74. The number of rotatable bonds is 4. The van der Waals surface area contributed by atoms with Crippen LogP contribution in [0.5, 0.6) is 0 Å². The van der Waals surface area contributed by atoms with Crippen molar-refractivity contribution in [3.63, 3.8) is 0 Å². The fourth-order valence-electron chi connectivity index (χ4n) is 6.97. The second-order valence-corrected chi connectivity index (χ2v) is 12.8. The summed E-state index contributed by atoms with van der Waals surface area (Å²) in [6.45, 7) is 4.55. The molecule has 1 N–H and O–H groups in total. The molecule has 2 aromatic carbocycles. The van der Waals surface area contributed by atoms with Gasteiger partial charge < -0.3 is 19.8 Å². The third-order valence-electron chi connectivity index (χ3n) is 8.82. The molecule has 7 nitrogen and oxygen atoms in total. The fourth-order valence-corrected chi connectivity index (χ4v) is 9.11. The first-order valence-corrected chi connectivity index (χ1v) is 14.1. The molecule has 8 heteroatoms. The fraction of sp³-hybridized carbons (Fsp3) is 0.433. The summed E-state index contributed by atoms with van der Waals surface area (Å²) in [6, 6.07) is 12.6. The summed E-state index contributed by atoms with van der Waals surface area (Å²) in [5, 5.41) is 12.4. The van der Waals surface area contributed by atoms with E-state index in [0.717, 1.165) is 16.5 Å². The molecule has 1 unspecified atom stereocenters. The molecule has 6 rings (SSSR count). The third kappa shape index (κ3) is 3.42. The van der Waals surface area contributed by atoms with Crippen molar-refractivity contribution in [1.82, 2.24) is 9.80 Å². The van der Waals surface area contributed by atoms with Crippen LogP contribution in [-0.4, -0.2) is 80.9 Å². The van der Waals surface area contributed by atoms with Gasteiger partial charge in [0.2, 0.25) is 11.8 Å². The number of aliphatic hydroxyl groups excluding tert-OH is 1. The number of nitrogens with zero attached hydrogens (tertiary/aromatic N) is 3. The number of carbonyl (C=O) groups excluding carboxylic acids is 3. The molecule has 0 saturated carbocycles. The second kappa shape index (κ2) is 8.99. The number of hydrogen-bond donors (Lipinski definition) is 1. The van der Waals surface area contributed by atoms with E-state index < -0.39 is 33.4 Å². The van der Waals surface area contributed by atoms with Crippen molar-refractivity contribution in [2.24, 2.45) is 11.8 Å². The first-order valence-electron chi connectivity index (χ1n) is 13.3. The van der Waals surface area contributed by atoms with Gasteiger partial charge in [0, 0.05) is 30.6 Å². The Bertz CT molecular complexity index is 1390. The maximum Gasteiger partial charge on any atom is 0.251 e. The van der Waals surface area contributed by atoms with E-state index in [1.807, 2.05) is 74.5 Å². The van der Waals surface area contributed by atoms with Crippen LogP contribution in [0.1, 0.15) is 20.3 Å². The van der Waals surface area contributed by atoms with E-state index >= 15 is 0 Å². The minimum atomic E-state index is -0.917. The van der Waals surface area contributed by atoms with E-state index in [-0.39, 0.29) is 24.3 Å². The Morgan fingerprint density at radius 1 is 0.974 bits per heavy atom. The summed E-state index contributed by atoms with van der Waals surface area (Å²) >= 11 is 1.57. The van der Waals surface area contributed by atoms with Gasteiger partial charge in [-0.1, -0.05) is 61.6 Å². The molecule has 2 fully saturated rings. The average Bonchev–Trinajstić information content (AvgIpc) is 3.19. The molecule has 1 spiro atoms. The molecular formula is C30H33N3O4S. The van der Waals surface area contributed by atoms with Crippen LogP contribution >= 0.6 is 11.8 Å². The number of thioether (sulfide) groups is 1. The summed E-state index contributed by atoms with van der Waals surface area (Å²) in [6.07, 6.45) is 8.56. The first kappa shape index (κ1) is 25.2. The topological polar surface area (TPSA) is 81.2 Å². The maximum atomic E-state index is 14.6. The van der Waals surface area contributed by atoms with Crippen LogP contribution in [0, 0.1) is 11.8 Å². The Labute approximate surface area is 227 Å². The Balaban J connectivity index is 1.51. The summed E-state index contributed by atoms with van der Waals surface area (Å²) in [4.78, 5) is 47.7. The summed E-state index contributed by atoms with van der Waals surface area (Å²) < 4.78 is -1.55. The lowest BCUT2D eigenvalue weighted by molar-refractivity contribution is -0.144. The number of fused-ring (bicyclic) bond motifs is 3. The lowest BCUT2D eigenvalue weighted by Gasteiger charge is -2.39. The number of anilines is 1. The van der Waals surface area contributed by atoms with E-state index in [0.29, 0.717) is 19.5 Å². The molecule has 2 saturated heterocycles. The van der Waals surface area contributed by atoms with Crippen LogP contribution in [0.25, 0.3) is 10.8 Å². The highest BCUT2D eigenvalue weighted by Crippen LogP contribution is 2.65. The maximum absolute atomic E-state index is 14.6. The molecular weight excluding hydrogens is 498 g/mol. The van der Waals surface area contributed by atoms with Crippen molar-refractivity contribution in [2.45, 2.75) is 41.8 Å². The number of benzene rings is 2. The predicted octanol–water partition coefficient (Wildman–Crippen LogP) is 3.23. The summed E-state index contributed by atoms with van der Waals surface area (Å²) in [5.74, 6) is -1.76. The molecule has 6 atom stereocenters. The van der Waals surface area contributed by atoms with E-state index in [1.54, 1.807) is 33.5 Å². The average molecular weight is 532 g/mol. The van der Waals surface area contributed by atoms with Gasteiger partial charge in [-0.05, 0) is 36.2 Å². The van der Waals surface area contributed by atoms with Crippen molar-refractivity contribution in [2.75, 3.05) is 31.6 Å². The molecule has 4 aliphatic rings. The lowest BCUT2D eigenvalue weighted by Crippen LogP contribution is -2.56. The highest BCUT2D eigenvalue weighted by atomic mass is 32.2. The minimum Gasteiger partial charge on any atom is -0.394 e. The van der Waals surface area contributed by atoms with E-state index in [1.165, 1.54) is 0 Å². The Kier molecular flexibility index (Phi) is 5.96. The predicted molar refractivity (Wildman–Crippen MR) is 150 cm³/mol. The molecule has 0 bridgehead atoms. The van der Waals surface area contributed by atoms with Crippen molar-refractivity contribution < 1.29 is 19.5 Å². The summed E-state index contributed by atoms with van der Waals surface area (Å²) in [5.41, 5.74) is 0.766. The smallest absolute Gasteiger partial charge is 0.251 e. The molecule has 2 aromatic rings. The van der Waals surface area contributed by atoms with Gasteiger partial charge in [0.15, 0.2) is 0 Å². The zero-order chi connectivity index (χ0) is 26.8. The molecule has 0 aliphatic carbocycles. The molecule has 0 aromatic heterocycles. The molecule has 198 valence electrons. The largest absolute Gasteiger partial charge is 0.394 e. The van der Waals surface area contributed by atoms with Gasteiger partial charge in [-0.2, -0.15) is 0 Å². The Morgan fingerprint density at radius 3 is 2.45 bits per heavy atom. The van der Waals surface area contributed by atoms with Gasteiger partial charge in [-0.15, -0.1) is 11.8 Å². The summed E-state index contributed by atoms with van der Waals surface area (Å²) in [7, 11) is 1.76. The number of hydrogen-bond acceptors (Lipinski definition) is 5. The van der Waals surface area contributed by atoms with Gasteiger partial charge in [0.1, 0.15) is 6.04 Å². The van der Waals surface area contributed by atoms with Gasteiger partial charge in [0.25, 0.3) is 5.91 Å². The highest BCUT2D eigenvalue weighted by Gasteiger charge is 2.74. The van der Waals surface area contributed by atoms with Crippen LogP contribution in [0.15, 0.2) is 66.8 Å². The third-order valence-corrected chi connectivity index (χ3v) is 10.6. The normalized spacial score (nSPS) is 33.3. The van der Waals surface area contributed by atoms with Crippen LogP contribution in [0.4, 0.5) is 5.69 Å².